The molecule has 1 amide bonds. The number of thioether (sulfide) groups is 1. The summed E-state index contributed by atoms with van der Waals surface area (Å²) < 4.78 is 12.2. The van der Waals surface area contributed by atoms with Crippen LogP contribution in [0.4, 0.5) is 10.6 Å². The van der Waals surface area contributed by atoms with E-state index in [4.69, 9.17) is 20.3 Å². The zero-order valence-electron chi connectivity index (χ0n) is 13.9. The SMILES string of the molecule is Nc1ccn([C@@H]2CS[C@H](COC(=O)NCCCCCCO)O2)c(=O)n1. The number of hydrogen-bond acceptors (Lipinski definition) is 8. The summed E-state index contributed by atoms with van der Waals surface area (Å²) in [5.41, 5.74) is 4.67. The first-order valence-corrected chi connectivity index (χ1v) is 9.28. The van der Waals surface area contributed by atoms with Gasteiger partial charge in [-0.15, -0.1) is 11.8 Å². The number of anilines is 1. The van der Waals surface area contributed by atoms with Gasteiger partial charge in [-0.3, -0.25) is 4.57 Å². The van der Waals surface area contributed by atoms with Crippen LogP contribution in [0.15, 0.2) is 17.1 Å². The van der Waals surface area contributed by atoms with Crippen molar-refractivity contribution in [2.75, 3.05) is 31.2 Å². The van der Waals surface area contributed by atoms with Crippen LogP contribution in [-0.4, -0.2) is 51.7 Å². The van der Waals surface area contributed by atoms with Crippen molar-refractivity contribution in [1.29, 1.82) is 0 Å². The first-order valence-electron chi connectivity index (χ1n) is 8.23. The monoisotopic (exact) mass is 372 g/mol. The van der Waals surface area contributed by atoms with Crippen LogP contribution in [0.25, 0.3) is 0 Å². The van der Waals surface area contributed by atoms with Gasteiger partial charge in [0.25, 0.3) is 0 Å². The molecule has 2 rings (SSSR count). The number of ether oxygens (including phenoxy) is 2. The van der Waals surface area contributed by atoms with E-state index in [-0.39, 0.29) is 24.5 Å². The number of rotatable bonds is 9. The molecule has 1 aromatic heterocycles. The molecule has 1 aromatic rings. The minimum atomic E-state index is -0.485. The number of unbranched alkanes of at least 4 members (excludes halogenated alkanes) is 3. The highest BCUT2D eigenvalue weighted by molar-refractivity contribution is 8.00. The Morgan fingerprint density at radius 3 is 3.04 bits per heavy atom. The second-order valence-electron chi connectivity index (χ2n) is 5.56. The van der Waals surface area contributed by atoms with E-state index in [0.717, 1.165) is 25.7 Å². The maximum atomic E-state index is 11.8. The van der Waals surface area contributed by atoms with Crippen molar-refractivity contribution in [3.63, 3.8) is 0 Å². The fourth-order valence-corrected chi connectivity index (χ4v) is 3.29. The van der Waals surface area contributed by atoms with Crippen LogP contribution in [0.2, 0.25) is 0 Å². The molecular weight excluding hydrogens is 348 g/mol. The smallest absolute Gasteiger partial charge is 0.407 e. The molecule has 10 heteroatoms. The summed E-state index contributed by atoms with van der Waals surface area (Å²) in [6.07, 6.45) is 4.14. The van der Waals surface area contributed by atoms with Gasteiger partial charge in [-0.25, -0.2) is 9.59 Å². The van der Waals surface area contributed by atoms with Gasteiger partial charge in [0.05, 0.1) is 0 Å². The Balaban J connectivity index is 1.64. The van der Waals surface area contributed by atoms with Gasteiger partial charge in [0.2, 0.25) is 0 Å². The molecule has 4 N–H and O–H groups in total. The Bertz CT molecular complexity index is 612. The fourth-order valence-electron chi connectivity index (χ4n) is 2.30. The molecule has 0 spiro atoms. The molecule has 0 bridgehead atoms. The molecule has 0 saturated carbocycles. The lowest BCUT2D eigenvalue weighted by atomic mass is 10.2. The van der Waals surface area contributed by atoms with Crippen molar-refractivity contribution < 1.29 is 19.4 Å². The van der Waals surface area contributed by atoms with E-state index < -0.39 is 18.0 Å². The zero-order valence-corrected chi connectivity index (χ0v) is 14.7. The molecule has 0 aliphatic carbocycles. The van der Waals surface area contributed by atoms with Crippen LogP contribution >= 0.6 is 11.8 Å². The summed E-state index contributed by atoms with van der Waals surface area (Å²) in [4.78, 5) is 27.1. The van der Waals surface area contributed by atoms with Crippen LogP contribution in [0.3, 0.4) is 0 Å². The number of aliphatic hydroxyl groups excluding tert-OH is 1. The van der Waals surface area contributed by atoms with Crippen molar-refractivity contribution in [2.45, 2.75) is 37.3 Å². The fraction of sp³-hybridized carbons (Fsp3) is 0.667. The maximum Gasteiger partial charge on any atom is 0.407 e. The van der Waals surface area contributed by atoms with E-state index in [1.54, 1.807) is 6.20 Å². The number of nitrogen functional groups attached to an aromatic ring is 1. The Labute approximate surface area is 149 Å². The largest absolute Gasteiger partial charge is 0.446 e. The molecule has 1 fully saturated rings. The lowest BCUT2D eigenvalue weighted by Gasteiger charge is -2.15. The van der Waals surface area contributed by atoms with Gasteiger partial charge >= 0.3 is 11.8 Å². The number of nitrogens with two attached hydrogens (primary N) is 1. The van der Waals surface area contributed by atoms with Crippen LogP contribution in [0.5, 0.6) is 0 Å². The Hall–Kier alpha value is -1.78. The normalized spacial score (nSPS) is 19.7. The van der Waals surface area contributed by atoms with E-state index in [2.05, 4.69) is 10.3 Å². The molecule has 0 aromatic carbocycles. The van der Waals surface area contributed by atoms with Gasteiger partial charge in [0, 0.05) is 25.1 Å². The number of nitrogens with one attached hydrogen (secondary N) is 1. The van der Waals surface area contributed by atoms with E-state index in [1.807, 2.05) is 0 Å². The minimum Gasteiger partial charge on any atom is -0.446 e. The van der Waals surface area contributed by atoms with Crippen LogP contribution in [0, 0.1) is 0 Å². The average molecular weight is 372 g/mol. The topological polar surface area (TPSA) is 129 Å². The summed E-state index contributed by atoms with van der Waals surface area (Å²) in [7, 11) is 0. The van der Waals surface area contributed by atoms with Crippen molar-refractivity contribution in [2.24, 2.45) is 0 Å². The van der Waals surface area contributed by atoms with Crippen molar-refractivity contribution in [3.05, 3.63) is 22.7 Å². The number of carbonyl (C=O) groups excluding carboxylic acids is 1. The van der Waals surface area contributed by atoms with Gasteiger partial charge in [0.1, 0.15) is 24.1 Å². The number of aliphatic hydroxyl groups is 1. The van der Waals surface area contributed by atoms with Gasteiger partial charge in [-0.2, -0.15) is 4.98 Å². The summed E-state index contributed by atoms with van der Waals surface area (Å²) >= 11 is 1.47. The maximum absolute atomic E-state index is 11.8. The van der Waals surface area contributed by atoms with Gasteiger partial charge in [-0.1, -0.05) is 12.8 Å². The number of hydrogen-bond donors (Lipinski definition) is 3. The summed E-state index contributed by atoms with van der Waals surface area (Å²) in [5.74, 6) is 0.728. The highest BCUT2D eigenvalue weighted by Gasteiger charge is 2.29. The zero-order chi connectivity index (χ0) is 18.1. The molecule has 1 saturated heterocycles. The van der Waals surface area contributed by atoms with E-state index >= 15 is 0 Å². The number of aromatic nitrogens is 2. The molecular formula is C15H24N4O5S. The second-order valence-corrected chi connectivity index (χ2v) is 6.75. The quantitative estimate of drug-likeness (QED) is 0.540. The molecule has 2 atom stereocenters. The predicted octanol–water partition coefficient (Wildman–Crippen LogP) is 0.692. The second kappa shape index (κ2) is 10.3. The van der Waals surface area contributed by atoms with E-state index in [0.29, 0.717) is 12.3 Å². The Morgan fingerprint density at radius 2 is 2.28 bits per heavy atom. The lowest BCUT2D eigenvalue weighted by molar-refractivity contribution is -0.0105. The third kappa shape index (κ3) is 6.56. The first-order chi connectivity index (χ1) is 12.1. The van der Waals surface area contributed by atoms with Crippen LogP contribution in [0.1, 0.15) is 31.9 Å². The van der Waals surface area contributed by atoms with Crippen molar-refractivity contribution >= 4 is 23.7 Å². The molecule has 25 heavy (non-hydrogen) atoms. The van der Waals surface area contributed by atoms with Gasteiger partial charge in [0.15, 0.2) is 0 Å². The number of alkyl carbamates (subject to hydrolysis) is 1. The van der Waals surface area contributed by atoms with E-state index in [9.17, 15) is 9.59 Å². The molecule has 1 aliphatic rings. The highest BCUT2D eigenvalue weighted by atomic mass is 32.2. The third-order valence-electron chi connectivity index (χ3n) is 3.60. The standard InChI is InChI=1S/C15H24N4O5S/c16-11-5-7-19(14(21)18-11)12-10-25-13(24-12)9-23-15(22)17-6-3-1-2-4-8-20/h5,7,12-13,20H,1-4,6,8-10H2,(H,17,22)(H2,16,18,21)/t12-,13+/m0/s1. The van der Waals surface area contributed by atoms with Crippen LogP contribution in [-0.2, 0) is 9.47 Å². The number of carbonyl (C=O) groups is 1. The summed E-state index contributed by atoms with van der Waals surface area (Å²) in [5, 5.41) is 11.3. The molecule has 0 radical (unpaired) electrons. The molecule has 140 valence electrons. The van der Waals surface area contributed by atoms with Crippen molar-refractivity contribution in [1.82, 2.24) is 14.9 Å². The lowest BCUT2D eigenvalue weighted by Crippen LogP contribution is -2.30. The molecule has 1 aliphatic heterocycles. The highest BCUT2D eigenvalue weighted by Crippen LogP contribution is 2.31. The minimum absolute atomic E-state index is 0.106. The molecule has 9 nitrogen and oxygen atoms in total. The summed E-state index contributed by atoms with van der Waals surface area (Å²) in [6, 6.07) is 1.53. The first kappa shape index (κ1) is 19.5. The third-order valence-corrected chi connectivity index (χ3v) is 4.70. The average Bonchev–Trinajstić information content (AvgIpc) is 3.05. The van der Waals surface area contributed by atoms with Gasteiger partial charge in [-0.05, 0) is 18.9 Å². The summed E-state index contributed by atoms with van der Waals surface area (Å²) in [6.45, 7) is 0.848. The number of nitrogens with zero attached hydrogens (tertiary/aromatic N) is 2. The van der Waals surface area contributed by atoms with E-state index in [1.165, 1.54) is 22.4 Å². The van der Waals surface area contributed by atoms with Crippen molar-refractivity contribution in [3.8, 4) is 0 Å². The molecule has 0 unspecified atom stereocenters. The number of amides is 1. The Morgan fingerprint density at radius 1 is 1.48 bits per heavy atom. The predicted molar refractivity (Wildman–Crippen MR) is 94.2 cm³/mol. The Kier molecular flexibility index (Phi) is 8.02. The van der Waals surface area contributed by atoms with Gasteiger partial charge < -0.3 is 25.6 Å². The van der Waals surface area contributed by atoms with Crippen LogP contribution < -0.4 is 16.7 Å². The molecule has 2 heterocycles.